The van der Waals surface area contributed by atoms with Gasteiger partial charge in [0.2, 0.25) is 5.91 Å². The maximum absolute atomic E-state index is 11.4. The number of benzene rings is 1. The number of aromatic carboxylic acids is 1. The lowest BCUT2D eigenvalue weighted by Crippen LogP contribution is -2.36. The molecule has 1 aromatic carbocycles. The number of amides is 1. The van der Waals surface area contributed by atoms with E-state index in [4.69, 9.17) is 17.3 Å². The van der Waals surface area contributed by atoms with E-state index in [9.17, 15) is 14.7 Å². The van der Waals surface area contributed by atoms with Gasteiger partial charge in [-0.05, 0) is 24.4 Å². The average Bonchev–Trinajstić information content (AvgIpc) is 2.27. The van der Waals surface area contributed by atoms with Gasteiger partial charge in [-0.15, -0.1) is 0 Å². The second-order valence-corrected chi connectivity index (χ2v) is 4.54. The van der Waals surface area contributed by atoms with Gasteiger partial charge < -0.3 is 20.8 Å². The third kappa shape index (κ3) is 4.22. The Bertz CT molecular complexity index is 528. The Morgan fingerprint density at radius 2 is 1.95 bits per heavy atom. The van der Waals surface area contributed by atoms with Gasteiger partial charge in [0, 0.05) is 17.7 Å². The van der Waals surface area contributed by atoms with Crippen LogP contribution in [0.2, 0.25) is 0 Å². The maximum Gasteiger partial charge on any atom is 0.339 e. The predicted octanol–water partition coefficient (Wildman–Crippen LogP) is 1.56. The van der Waals surface area contributed by atoms with Gasteiger partial charge in [-0.3, -0.25) is 4.79 Å². The van der Waals surface area contributed by atoms with Gasteiger partial charge in [0.25, 0.3) is 0 Å². The summed E-state index contributed by atoms with van der Waals surface area (Å²) in [6, 6.07) is 3.90. The molecule has 0 heterocycles. The molecule has 0 fully saturated rings. The Morgan fingerprint density at radius 1 is 1.32 bits per heavy atom. The van der Waals surface area contributed by atoms with Crippen LogP contribution in [0.5, 0.6) is 5.75 Å². The summed E-state index contributed by atoms with van der Waals surface area (Å²) in [5.74, 6) is -2.04. The molecule has 1 rings (SSSR count). The molecule has 6 nitrogen and oxygen atoms in total. The minimum Gasteiger partial charge on any atom is -0.507 e. The van der Waals surface area contributed by atoms with Crippen LogP contribution in [0, 0.1) is 5.92 Å². The molecule has 0 bridgehead atoms. The van der Waals surface area contributed by atoms with Crippen LogP contribution in [-0.2, 0) is 4.79 Å². The number of carboxylic acid groups (broad SMARTS) is 1. The van der Waals surface area contributed by atoms with Crippen LogP contribution in [0.1, 0.15) is 24.2 Å². The Labute approximate surface area is 115 Å². The number of phenols is 1. The summed E-state index contributed by atoms with van der Waals surface area (Å²) in [6.07, 6.45) is 0. The Balaban J connectivity index is 2.73. The first kappa shape index (κ1) is 14.9. The van der Waals surface area contributed by atoms with Gasteiger partial charge in [0.1, 0.15) is 11.3 Å². The van der Waals surface area contributed by atoms with E-state index in [0.717, 1.165) is 0 Å². The summed E-state index contributed by atoms with van der Waals surface area (Å²) in [5, 5.41) is 23.5. The quantitative estimate of drug-likeness (QED) is 0.628. The molecule has 19 heavy (non-hydrogen) atoms. The molecule has 7 heteroatoms. The topological polar surface area (TPSA) is 98.7 Å². The van der Waals surface area contributed by atoms with Crippen LogP contribution in [-0.4, -0.2) is 27.2 Å². The van der Waals surface area contributed by atoms with Crippen molar-refractivity contribution in [2.45, 2.75) is 13.8 Å². The van der Waals surface area contributed by atoms with Crippen molar-refractivity contribution in [3.8, 4) is 5.75 Å². The SMILES string of the molecule is CC(C)C(=O)NC(=S)Nc1ccc(C(=O)O)c(O)c1. The first-order valence-electron chi connectivity index (χ1n) is 5.49. The number of carboxylic acids is 1. The predicted molar refractivity (Wildman–Crippen MR) is 74.3 cm³/mol. The highest BCUT2D eigenvalue weighted by Gasteiger charge is 2.12. The summed E-state index contributed by atoms with van der Waals surface area (Å²) in [4.78, 5) is 22.1. The standard InChI is InChI=1S/C12H14N2O4S/c1-6(2)10(16)14-12(19)13-7-3-4-8(11(17)18)9(15)5-7/h3-6,15H,1-2H3,(H,17,18)(H2,13,14,16,19). The molecular weight excluding hydrogens is 268 g/mol. The number of hydrogen-bond acceptors (Lipinski definition) is 4. The van der Waals surface area contributed by atoms with Gasteiger partial charge in [0.05, 0.1) is 0 Å². The molecular formula is C12H14N2O4S. The third-order valence-electron chi connectivity index (χ3n) is 2.25. The highest BCUT2D eigenvalue weighted by Crippen LogP contribution is 2.21. The average molecular weight is 282 g/mol. The van der Waals surface area contributed by atoms with Gasteiger partial charge in [-0.2, -0.15) is 0 Å². The summed E-state index contributed by atoms with van der Waals surface area (Å²) in [7, 11) is 0. The Hall–Kier alpha value is -2.15. The molecule has 0 saturated carbocycles. The Morgan fingerprint density at radius 3 is 2.42 bits per heavy atom. The van der Waals surface area contributed by atoms with Crippen molar-refractivity contribution < 1.29 is 19.8 Å². The maximum atomic E-state index is 11.4. The molecule has 0 aliphatic carbocycles. The van der Waals surface area contributed by atoms with E-state index in [2.05, 4.69) is 10.6 Å². The zero-order valence-electron chi connectivity index (χ0n) is 10.4. The minimum absolute atomic E-state index is 0.0844. The van der Waals surface area contributed by atoms with Crippen molar-refractivity contribution in [1.82, 2.24) is 5.32 Å². The lowest BCUT2D eigenvalue weighted by molar-refractivity contribution is -0.122. The fourth-order valence-electron chi connectivity index (χ4n) is 1.21. The number of carbonyl (C=O) groups excluding carboxylic acids is 1. The molecule has 0 spiro atoms. The zero-order valence-corrected chi connectivity index (χ0v) is 11.2. The molecule has 0 aromatic heterocycles. The first-order valence-corrected chi connectivity index (χ1v) is 5.90. The summed E-state index contributed by atoms with van der Waals surface area (Å²) >= 11 is 4.92. The highest BCUT2D eigenvalue weighted by molar-refractivity contribution is 7.80. The van der Waals surface area contributed by atoms with E-state index in [-0.39, 0.29) is 28.3 Å². The summed E-state index contributed by atoms with van der Waals surface area (Å²) in [5.41, 5.74) is 0.180. The van der Waals surface area contributed by atoms with E-state index < -0.39 is 5.97 Å². The van der Waals surface area contributed by atoms with E-state index in [1.807, 2.05) is 0 Å². The number of nitrogens with one attached hydrogen (secondary N) is 2. The fraction of sp³-hybridized carbons (Fsp3) is 0.250. The van der Waals surface area contributed by atoms with Crippen molar-refractivity contribution in [1.29, 1.82) is 0 Å². The molecule has 102 valence electrons. The van der Waals surface area contributed by atoms with Gasteiger partial charge in [0.15, 0.2) is 5.11 Å². The smallest absolute Gasteiger partial charge is 0.339 e. The van der Waals surface area contributed by atoms with Gasteiger partial charge in [-0.1, -0.05) is 13.8 Å². The lowest BCUT2D eigenvalue weighted by Gasteiger charge is -2.11. The van der Waals surface area contributed by atoms with Gasteiger partial charge in [-0.25, -0.2) is 4.79 Å². The van der Waals surface area contributed by atoms with E-state index in [1.54, 1.807) is 13.8 Å². The number of thiocarbonyl (C=S) groups is 1. The number of aromatic hydroxyl groups is 1. The molecule has 0 aliphatic rings. The second kappa shape index (κ2) is 6.14. The van der Waals surface area contributed by atoms with Crippen LogP contribution in [0.3, 0.4) is 0 Å². The molecule has 0 radical (unpaired) electrons. The molecule has 1 aromatic rings. The Kier molecular flexibility index (Phi) is 4.82. The lowest BCUT2D eigenvalue weighted by atomic mass is 10.2. The van der Waals surface area contributed by atoms with Crippen LogP contribution >= 0.6 is 12.2 Å². The number of hydrogen-bond donors (Lipinski definition) is 4. The van der Waals surface area contributed by atoms with Crippen LogP contribution < -0.4 is 10.6 Å². The van der Waals surface area contributed by atoms with E-state index >= 15 is 0 Å². The normalized spacial score (nSPS) is 10.1. The molecule has 1 amide bonds. The highest BCUT2D eigenvalue weighted by atomic mass is 32.1. The van der Waals surface area contributed by atoms with Crippen molar-refractivity contribution in [3.05, 3.63) is 23.8 Å². The zero-order chi connectivity index (χ0) is 14.6. The number of anilines is 1. The molecule has 4 N–H and O–H groups in total. The molecule has 0 unspecified atom stereocenters. The van der Waals surface area contributed by atoms with E-state index in [0.29, 0.717) is 5.69 Å². The van der Waals surface area contributed by atoms with E-state index in [1.165, 1.54) is 18.2 Å². The second-order valence-electron chi connectivity index (χ2n) is 4.14. The van der Waals surface area contributed by atoms with Crippen molar-refractivity contribution >= 4 is 34.9 Å². The molecule has 0 aliphatic heterocycles. The summed E-state index contributed by atoms with van der Waals surface area (Å²) in [6.45, 7) is 3.46. The molecule has 0 saturated heterocycles. The van der Waals surface area contributed by atoms with Crippen LogP contribution in [0.25, 0.3) is 0 Å². The first-order chi connectivity index (χ1) is 8.81. The van der Waals surface area contributed by atoms with Crippen molar-refractivity contribution in [3.63, 3.8) is 0 Å². The van der Waals surface area contributed by atoms with Crippen LogP contribution in [0.15, 0.2) is 18.2 Å². The van der Waals surface area contributed by atoms with Crippen molar-refractivity contribution in [2.75, 3.05) is 5.32 Å². The third-order valence-corrected chi connectivity index (χ3v) is 2.45. The monoisotopic (exact) mass is 282 g/mol. The minimum atomic E-state index is -1.22. The fourth-order valence-corrected chi connectivity index (χ4v) is 1.43. The largest absolute Gasteiger partial charge is 0.507 e. The van der Waals surface area contributed by atoms with Crippen molar-refractivity contribution in [2.24, 2.45) is 5.92 Å². The number of rotatable bonds is 3. The van der Waals surface area contributed by atoms with Crippen LogP contribution in [0.4, 0.5) is 5.69 Å². The van der Waals surface area contributed by atoms with Gasteiger partial charge >= 0.3 is 5.97 Å². The molecule has 0 atom stereocenters. The summed E-state index contributed by atoms with van der Waals surface area (Å²) < 4.78 is 0. The number of carbonyl (C=O) groups is 2.